The van der Waals surface area contributed by atoms with Crippen molar-refractivity contribution < 1.29 is 37.9 Å². The lowest BCUT2D eigenvalue weighted by molar-refractivity contribution is -0.153. The highest BCUT2D eigenvalue weighted by molar-refractivity contribution is 6.74. The predicted molar refractivity (Wildman–Crippen MR) is 230 cm³/mol. The largest absolute Gasteiger partial charge is 0.460 e. The number of ether oxygens (including phenoxy) is 2. The summed E-state index contributed by atoms with van der Waals surface area (Å²) in [5.74, 6) is -2.91. The van der Waals surface area contributed by atoms with E-state index in [1.165, 1.54) is 18.9 Å². The molecule has 0 bridgehead atoms. The Morgan fingerprint density at radius 2 is 1.64 bits per heavy atom. The summed E-state index contributed by atoms with van der Waals surface area (Å²) in [6.45, 7) is 22.3. The zero-order valence-electron chi connectivity index (χ0n) is 35.6. The Labute approximate surface area is 358 Å². The lowest BCUT2D eigenvalue weighted by Gasteiger charge is -2.43. The van der Waals surface area contributed by atoms with Crippen molar-refractivity contribution in [3.8, 4) is 0 Å². The van der Waals surface area contributed by atoms with Gasteiger partial charge in [0, 0.05) is 18.9 Å². The summed E-state index contributed by atoms with van der Waals surface area (Å²) in [6.07, 6.45) is 3.38. The smallest absolute Gasteiger partial charge is 0.325 e. The number of halogens is 3. The first kappa shape index (κ1) is 49.1. The Morgan fingerprint density at radius 1 is 1.00 bits per heavy atom. The van der Waals surface area contributed by atoms with Crippen LogP contribution in [0.2, 0.25) is 18.1 Å². The first-order valence-corrected chi connectivity index (χ1v) is 23.6. The molecule has 1 aliphatic heterocycles. The molecule has 0 radical (unpaired) electrons. The van der Waals surface area contributed by atoms with Crippen LogP contribution in [-0.2, 0) is 37.9 Å². The minimum absolute atomic E-state index is 0.148. The van der Waals surface area contributed by atoms with Crippen LogP contribution in [0.4, 0.5) is 0 Å². The summed E-state index contributed by atoms with van der Waals surface area (Å²) in [7, 11) is -2.39. The van der Waals surface area contributed by atoms with Gasteiger partial charge < -0.3 is 24.5 Å². The van der Waals surface area contributed by atoms with Crippen molar-refractivity contribution in [3.63, 3.8) is 0 Å². The van der Waals surface area contributed by atoms with Crippen molar-refractivity contribution in [2.75, 3.05) is 13.2 Å². The molecule has 322 valence electrons. The van der Waals surface area contributed by atoms with Crippen molar-refractivity contribution in [3.05, 3.63) is 47.7 Å². The van der Waals surface area contributed by atoms with Crippen LogP contribution in [0.15, 0.2) is 36.4 Å². The molecule has 3 N–H and O–H groups in total. The number of alkyl halides is 3. The van der Waals surface area contributed by atoms with Gasteiger partial charge in [-0.2, -0.15) is 0 Å². The number of hydrazine groups is 1. The molecule has 1 aromatic carbocycles. The van der Waals surface area contributed by atoms with Crippen LogP contribution in [0.5, 0.6) is 0 Å². The molecule has 2 heterocycles. The Kier molecular flexibility index (Phi) is 16.8. The second-order valence-corrected chi connectivity index (χ2v) is 24.3. The molecule has 3 rings (SSSR count). The fourth-order valence-corrected chi connectivity index (χ4v) is 7.64. The zero-order chi connectivity index (χ0) is 44.0. The second-order valence-electron chi connectivity index (χ2n) is 17.0. The number of benzene rings is 1. The van der Waals surface area contributed by atoms with Crippen molar-refractivity contribution >= 4 is 89.8 Å². The van der Waals surface area contributed by atoms with Crippen LogP contribution in [0.25, 0.3) is 17.0 Å². The molecular formula is C41H60Cl3N5O8Si. The number of carbonyl (C=O) groups excluding carboxylic acids is 5. The fraction of sp³-hybridized carbons (Fsp3) is 0.610. The van der Waals surface area contributed by atoms with Gasteiger partial charge in [-0.25, -0.2) is 10.4 Å². The van der Waals surface area contributed by atoms with Gasteiger partial charge in [-0.1, -0.05) is 99.8 Å². The third-order valence-corrected chi connectivity index (χ3v) is 15.7. The van der Waals surface area contributed by atoms with E-state index in [4.69, 9.17) is 53.7 Å². The second kappa shape index (κ2) is 19.9. The van der Waals surface area contributed by atoms with E-state index in [0.717, 1.165) is 10.9 Å². The van der Waals surface area contributed by atoms with Gasteiger partial charge in [-0.05, 0) is 82.3 Å². The van der Waals surface area contributed by atoms with Crippen LogP contribution in [0.1, 0.15) is 99.4 Å². The van der Waals surface area contributed by atoms with Crippen LogP contribution < -0.4 is 16.1 Å². The minimum Gasteiger partial charge on any atom is -0.460 e. The molecule has 5 unspecified atom stereocenters. The molecule has 0 spiro atoms. The molecule has 0 aliphatic carbocycles. The Bertz CT molecular complexity index is 1850. The molecule has 1 aliphatic rings. The molecule has 0 saturated carbocycles. The summed E-state index contributed by atoms with van der Waals surface area (Å²) in [5, 5.41) is 7.75. The normalized spacial score (nSPS) is 18.6. The molecule has 17 heteroatoms. The van der Waals surface area contributed by atoms with Crippen molar-refractivity contribution in [1.82, 2.24) is 26.1 Å². The molecule has 6 atom stereocenters. The van der Waals surface area contributed by atoms with E-state index in [-0.39, 0.29) is 17.5 Å². The standard InChI is InChI=1S/C41H60Cl3N5O8Si/c1-24(2)34(35(51)45-25(3)36(52)49-21-13-14-32(48-49)37(53)55-23-41(42,43)44)47-38(54)40(10,27(5)57-58(11,12)39(7,8)9)20-19-29-15-16-30-17-18-31(46-33(30)22-29)26(4)56-28(6)50/h15-20,22,24-27,32,34,48H,13-14,21,23H2,1-12H3,(H,45,51)(H,47,54)/t25?,26-,27?,32?,34?,40?/m1/s1. The van der Waals surface area contributed by atoms with Gasteiger partial charge in [0.15, 0.2) is 8.32 Å². The van der Waals surface area contributed by atoms with E-state index in [9.17, 15) is 24.0 Å². The monoisotopic (exact) mass is 883 g/mol. The van der Waals surface area contributed by atoms with Gasteiger partial charge >= 0.3 is 11.9 Å². The number of hydrogen-bond acceptors (Lipinski definition) is 10. The number of nitrogens with one attached hydrogen (secondary N) is 3. The molecule has 13 nitrogen and oxygen atoms in total. The quantitative estimate of drug-likeness (QED) is 0.0937. The lowest BCUT2D eigenvalue weighted by atomic mass is 9.82. The minimum atomic E-state index is -2.39. The first-order chi connectivity index (χ1) is 26.6. The van der Waals surface area contributed by atoms with Crippen LogP contribution in [-0.4, -0.2) is 89.1 Å². The summed E-state index contributed by atoms with van der Waals surface area (Å²) in [5.41, 5.74) is 3.65. The predicted octanol–water partition coefficient (Wildman–Crippen LogP) is 7.34. The molecule has 1 saturated heterocycles. The Hall–Kier alpha value is -3.27. The highest BCUT2D eigenvalue weighted by atomic mass is 35.6. The number of nitrogens with zero attached hydrogens (tertiary/aromatic N) is 2. The number of carbonyl (C=O) groups is 5. The summed E-state index contributed by atoms with van der Waals surface area (Å²) < 4.78 is 15.4. The third kappa shape index (κ3) is 13.4. The maximum Gasteiger partial charge on any atom is 0.325 e. The van der Waals surface area contributed by atoms with E-state index in [1.807, 2.05) is 43.3 Å². The fourth-order valence-electron chi connectivity index (χ4n) is 5.99. The van der Waals surface area contributed by atoms with Gasteiger partial charge in [0.2, 0.25) is 15.6 Å². The van der Waals surface area contributed by atoms with Crippen molar-refractivity contribution in [2.45, 2.75) is 134 Å². The Morgan fingerprint density at radius 3 is 2.22 bits per heavy atom. The van der Waals surface area contributed by atoms with Crippen molar-refractivity contribution in [2.24, 2.45) is 11.3 Å². The van der Waals surface area contributed by atoms with Gasteiger partial charge in [0.25, 0.3) is 5.91 Å². The van der Waals surface area contributed by atoms with Gasteiger partial charge in [-0.15, -0.1) is 0 Å². The number of esters is 2. The molecule has 2 aromatic rings. The van der Waals surface area contributed by atoms with E-state index in [2.05, 4.69) is 49.9 Å². The molecular weight excluding hydrogens is 825 g/mol. The SMILES string of the molecule is CC(=O)O[C@H](C)c1ccc2ccc(C=CC(C)(C(=O)NC(C(=O)NC(C)C(=O)N3CCCC(C(=O)OCC(Cl)(Cl)Cl)N3)C(C)C)C(C)O[Si](C)(C)C(C)(C)C)cc2n1. The van der Waals surface area contributed by atoms with Crippen LogP contribution in [0.3, 0.4) is 0 Å². The van der Waals surface area contributed by atoms with Crippen LogP contribution in [0, 0.1) is 11.3 Å². The number of rotatable bonds is 15. The van der Waals surface area contributed by atoms with Crippen LogP contribution >= 0.6 is 34.8 Å². The summed E-state index contributed by atoms with van der Waals surface area (Å²) in [6, 6.07) is 6.59. The number of amides is 3. The zero-order valence-corrected chi connectivity index (χ0v) is 38.9. The number of pyridine rings is 1. The maximum atomic E-state index is 14.6. The molecule has 1 fully saturated rings. The average molecular weight is 885 g/mol. The number of fused-ring (bicyclic) bond motifs is 1. The Balaban J connectivity index is 1.87. The van der Waals surface area contributed by atoms with E-state index < -0.39 is 84.1 Å². The maximum absolute atomic E-state index is 14.6. The number of hydrogen-bond donors (Lipinski definition) is 3. The topological polar surface area (TPSA) is 165 Å². The molecule has 58 heavy (non-hydrogen) atoms. The summed E-state index contributed by atoms with van der Waals surface area (Å²) in [4.78, 5) is 70.8. The number of aromatic nitrogens is 1. The summed E-state index contributed by atoms with van der Waals surface area (Å²) >= 11 is 17.1. The van der Waals surface area contributed by atoms with Gasteiger partial charge in [0.05, 0.1) is 22.7 Å². The highest BCUT2D eigenvalue weighted by Gasteiger charge is 2.46. The third-order valence-electron chi connectivity index (χ3n) is 10.8. The van der Waals surface area contributed by atoms with E-state index >= 15 is 0 Å². The van der Waals surface area contributed by atoms with E-state index in [0.29, 0.717) is 24.1 Å². The van der Waals surface area contributed by atoms with Gasteiger partial charge in [0.1, 0.15) is 30.8 Å². The van der Waals surface area contributed by atoms with Crippen molar-refractivity contribution in [1.29, 1.82) is 0 Å². The first-order valence-electron chi connectivity index (χ1n) is 19.5. The average Bonchev–Trinajstić information content (AvgIpc) is 3.12. The molecule has 3 amide bonds. The lowest BCUT2D eigenvalue weighted by Crippen LogP contribution is -2.61. The van der Waals surface area contributed by atoms with Gasteiger partial charge in [-0.3, -0.25) is 29.0 Å². The molecule has 1 aromatic heterocycles. The van der Waals surface area contributed by atoms with E-state index in [1.54, 1.807) is 33.8 Å². The highest BCUT2D eigenvalue weighted by Crippen LogP contribution is 2.40.